The highest BCUT2D eigenvalue weighted by molar-refractivity contribution is 5.22. The van der Waals surface area contributed by atoms with E-state index in [-0.39, 0.29) is 5.54 Å². The van der Waals surface area contributed by atoms with Crippen molar-refractivity contribution in [3.63, 3.8) is 0 Å². The fourth-order valence-corrected chi connectivity index (χ4v) is 0.858. The second-order valence-corrected chi connectivity index (χ2v) is 3.85. The molecule has 1 N–H and O–H groups in total. The first kappa shape index (κ1) is 11.8. The van der Waals surface area contributed by atoms with E-state index in [2.05, 4.69) is 11.4 Å². The van der Waals surface area contributed by atoms with E-state index in [4.69, 9.17) is 10.00 Å². The monoisotopic (exact) mass is 182 g/mol. The molecular formula is C10H18N2O. The molecule has 0 heterocycles. The number of nitriles is 1. The molecule has 0 radical (unpaired) electrons. The van der Waals surface area contributed by atoms with Gasteiger partial charge in [0.2, 0.25) is 0 Å². The average Bonchev–Trinajstić information content (AvgIpc) is 1.99. The van der Waals surface area contributed by atoms with E-state index in [0.717, 1.165) is 0 Å². The van der Waals surface area contributed by atoms with Crippen LogP contribution in [0.1, 0.15) is 34.6 Å². The molecule has 0 fully saturated rings. The zero-order chi connectivity index (χ0) is 10.5. The summed E-state index contributed by atoms with van der Waals surface area (Å²) >= 11 is 0. The van der Waals surface area contributed by atoms with E-state index < -0.39 is 0 Å². The zero-order valence-corrected chi connectivity index (χ0v) is 9.06. The van der Waals surface area contributed by atoms with Gasteiger partial charge in [-0.15, -0.1) is 0 Å². The normalized spacial score (nSPS) is 12.9. The molecule has 0 aliphatic carbocycles. The molecule has 0 unspecified atom stereocenters. The quantitative estimate of drug-likeness (QED) is 0.537. The highest BCUT2D eigenvalue weighted by atomic mass is 16.5. The molecule has 0 aromatic rings. The number of nitrogens with zero attached hydrogens (tertiary/aromatic N) is 1. The summed E-state index contributed by atoms with van der Waals surface area (Å²) in [6, 6.07) is 2.09. The molecule has 0 aliphatic rings. The summed E-state index contributed by atoms with van der Waals surface area (Å²) in [7, 11) is 0. The second-order valence-electron chi connectivity index (χ2n) is 3.85. The molecule has 13 heavy (non-hydrogen) atoms. The van der Waals surface area contributed by atoms with Gasteiger partial charge in [-0.25, -0.2) is 0 Å². The topological polar surface area (TPSA) is 45.0 Å². The molecule has 3 nitrogen and oxygen atoms in total. The van der Waals surface area contributed by atoms with Gasteiger partial charge in [-0.3, -0.25) is 0 Å². The van der Waals surface area contributed by atoms with Gasteiger partial charge >= 0.3 is 0 Å². The number of nitrogens with one attached hydrogen (secondary N) is 1. The van der Waals surface area contributed by atoms with Gasteiger partial charge in [0.05, 0.1) is 6.61 Å². The van der Waals surface area contributed by atoms with Crippen LogP contribution in [0.15, 0.2) is 11.5 Å². The van der Waals surface area contributed by atoms with Gasteiger partial charge in [0.1, 0.15) is 11.8 Å². The van der Waals surface area contributed by atoms with Crippen molar-refractivity contribution < 1.29 is 4.74 Å². The first-order valence-electron chi connectivity index (χ1n) is 4.42. The van der Waals surface area contributed by atoms with Crippen LogP contribution >= 0.6 is 0 Å². The number of rotatable bonds is 3. The lowest BCUT2D eigenvalue weighted by Crippen LogP contribution is -2.35. The van der Waals surface area contributed by atoms with Crippen molar-refractivity contribution in [3.05, 3.63) is 11.5 Å². The number of allylic oxidation sites excluding steroid dienone is 2. The van der Waals surface area contributed by atoms with Gasteiger partial charge in [-0.05, 0) is 34.6 Å². The minimum Gasteiger partial charge on any atom is -0.496 e. The molecule has 0 aliphatic heterocycles. The van der Waals surface area contributed by atoms with E-state index in [9.17, 15) is 0 Å². The molecule has 0 spiro atoms. The molecule has 0 atom stereocenters. The Morgan fingerprint density at radius 2 is 2.00 bits per heavy atom. The van der Waals surface area contributed by atoms with Crippen LogP contribution in [0.4, 0.5) is 0 Å². The summed E-state index contributed by atoms with van der Waals surface area (Å²) in [6.45, 7) is 10.3. The van der Waals surface area contributed by atoms with Crippen molar-refractivity contribution in [2.24, 2.45) is 0 Å². The van der Waals surface area contributed by atoms with Crippen LogP contribution in [0.2, 0.25) is 0 Å². The lowest BCUT2D eigenvalue weighted by Gasteiger charge is -2.22. The Labute approximate surface area is 80.4 Å². The number of hydrogen-bond donors (Lipinski definition) is 1. The Kier molecular flexibility index (Phi) is 4.33. The molecule has 74 valence electrons. The Balaban J connectivity index is 4.53. The number of ether oxygens (including phenoxy) is 1. The summed E-state index contributed by atoms with van der Waals surface area (Å²) < 4.78 is 5.24. The van der Waals surface area contributed by atoms with Crippen molar-refractivity contribution in [3.8, 4) is 6.07 Å². The minimum atomic E-state index is -0.108. The van der Waals surface area contributed by atoms with Crippen LogP contribution in [0, 0.1) is 11.3 Å². The molecular weight excluding hydrogens is 164 g/mol. The maximum atomic E-state index is 8.84. The minimum absolute atomic E-state index is 0.108. The van der Waals surface area contributed by atoms with Crippen molar-refractivity contribution >= 4 is 0 Å². The Bertz CT molecular complexity index is 230. The molecule has 0 bridgehead atoms. The standard InChI is InChI=1S/C10H18N2O/c1-6-13-8(2)9(7-11)12-10(3,4)5/h12H,6H2,1-5H3. The van der Waals surface area contributed by atoms with Crippen molar-refractivity contribution in [2.45, 2.75) is 40.2 Å². The van der Waals surface area contributed by atoms with Gasteiger partial charge in [0.25, 0.3) is 0 Å². The summed E-state index contributed by atoms with van der Waals surface area (Å²) in [4.78, 5) is 0. The Hall–Kier alpha value is -1.17. The Morgan fingerprint density at radius 3 is 2.31 bits per heavy atom. The zero-order valence-electron chi connectivity index (χ0n) is 9.06. The van der Waals surface area contributed by atoms with Crippen LogP contribution in [-0.2, 0) is 4.74 Å². The first-order valence-corrected chi connectivity index (χ1v) is 4.42. The van der Waals surface area contributed by atoms with E-state index in [0.29, 0.717) is 18.1 Å². The van der Waals surface area contributed by atoms with Crippen LogP contribution in [0.3, 0.4) is 0 Å². The number of hydrogen-bond acceptors (Lipinski definition) is 3. The first-order chi connectivity index (χ1) is 5.90. The molecule has 0 aromatic heterocycles. The van der Waals surface area contributed by atoms with E-state index in [1.54, 1.807) is 6.92 Å². The predicted octanol–water partition coefficient (Wildman–Crippen LogP) is 2.17. The van der Waals surface area contributed by atoms with E-state index in [1.165, 1.54) is 0 Å². The maximum Gasteiger partial charge on any atom is 0.151 e. The molecule has 3 heteroatoms. The van der Waals surface area contributed by atoms with Gasteiger partial charge < -0.3 is 10.1 Å². The molecule has 0 amide bonds. The van der Waals surface area contributed by atoms with Gasteiger partial charge in [0, 0.05) is 5.54 Å². The average molecular weight is 182 g/mol. The van der Waals surface area contributed by atoms with Crippen molar-refractivity contribution in [1.29, 1.82) is 5.26 Å². The van der Waals surface area contributed by atoms with E-state index in [1.807, 2.05) is 27.7 Å². The van der Waals surface area contributed by atoms with E-state index >= 15 is 0 Å². The third-order valence-corrected chi connectivity index (χ3v) is 1.32. The second kappa shape index (κ2) is 4.76. The third-order valence-electron chi connectivity index (χ3n) is 1.32. The summed E-state index contributed by atoms with van der Waals surface area (Å²) in [5, 5.41) is 11.9. The third kappa shape index (κ3) is 5.13. The highest BCUT2D eigenvalue weighted by Gasteiger charge is 2.13. The summed E-state index contributed by atoms with van der Waals surface area (Å²) in [5.41, 5.74) is 0.401. The van der Waals surface area contributed by atoms with Crippen molar-refractivity contribution in [1.82, 2.24) is 5.32 Å². The van der Waals surface area contributed by atoms with Crippen LogP contribution < -0.4 is 5.32 Å². The van der Waals surface area contributed by atoms with Crippen LogP contribution in [0.5, 0.6) is 0 Å². The molecule has 0 aromatic carbocycles. The predicted molar refractivity (Wildman–Crippen MR) is 52.8 cm³/mol. The summed E-state index contributed by atoms with van der Waals surface area (Å²) in [6.07, 6.45) is 0. The molecule has 0 rings (SSSR count). The largest absolute Gasteiger partial charge is 0.496 e. The SMILES string of the molecule is CCOC(C)=C(C#N)NC(C)(C)C. The van der Waals surface area contributed by atoms with Gasteiger partial charge in [0.15, 0.2) is 5.70 Å². The maximum absolute atomic E-state index is 8.84. The van der Waals surface area contributed by atoms with Gasteiger partial charge in [-0.1, -0.05) is 0 Å². The fourth-order valence-electron chi connectivity index (χ4n) is 0.858. The lowest BCUT2D eigenvalue weighted by atomic mass is 10.1. The van der Waals surface area contributed by atoms with Gasteiger partial charge in [-0.2, -0.15) is 5.26 Å². The van der Waals surface area contributed by atoms with Crippen LogP contribution in [0.25, 0.3) is 0 Å². The Morgan fingerprint density at radius 1 is 1.46 bits per heavy atom. The molecule has 0 saturated heterocycles. The van der Waals surface area contributed by atoms with Crippen LogP contribution in [-0.4, -0.2) is 12.1 Å². The van der Waals surface area contributed by atoms with Crippen molar-refractivity contribution in [2.75, 3.05) is 6.61 Å². The lowest BCUT2D eigenvalue weighted by molar-refractivity contribution is 0.224. The smallest absolute Gasteiger partial charge is 0.151 e. The highest BCUT2D eigenvalue weighted by Crippen LogP contribution is 2.08. The fraction of sp³-hybridized carbons (Fsp3) is 0.700. The summed E-state index contributed by atoms with van der Waals surface area (Å²) in [5.74, 6) is 0.653. The molecule has 0 saturated carbocycles.